The van der Waals surface area contributed by atoms with E-state index in [0.717, 1.165) is 6.42 Å². The number of hydrogen-bond donors (Lipinski definition) is 0. The number of benzene rings is 1. The zero-order chi connectivity index (χ0) is 27.5. The standard InChI is InChI=1S/C29H37.C5H5.C3H4.2ClH.Hf/c1-18-25-22-17-19-13-9-10-14-20(19)24(22)21-15-11-12-16-23(21)29(25,8)28(6,7)27(4,5)26(18,2)3;1-2-4-5-3-1;1-2-3-1;;;/h9-11,13-15,23H,12,16-17H2,1-8H3;1-5H;1-2H2;2*1H;/q2*-1;;;;+2/p-2. The van der Waals surface area contributed by atoms with Gasteiger partial charge in [-0.05, 0) is 40.6 Å². The Bertz CT molecular complexity index is 1290. The number of hydrogen-bond acceptors (Lipinski definition) is 0. The van der Waals surface area contributed by atoms with Crippen molar-refractivity contribution < 1.29 is 48.7 Å². The van der Waals surface area contributed by atoms with Gasteiger partial charge >= 0.3 is 40.0 Å². The van der Waals surface area contributed by atoms with Gasteiger partial charge in [0.15, 0.2) is 0 Å². The van der Waals surface area contributed by atoms with Gasteiger partial charge in [0, 0.05) is 0 Å². The van der Waals surface area contributed by atoms with Crippen molar-refractivity contribution in [1.82, 2.24) is 0 Å². The summed E-state index contributed by atoms with van der Waals surface area (Å²) in [7, 11) is 0. The van der Waals surface area contributed by atoms with E-state index in [1.54, 1.807) is 31.5 Å². The fraction of sp³-hybridized carbons (Fsp3) is 0.486. The van der Waals surface area contributed by atoms with Gasteiger partial charge in [-0.2, -0.15) is 29.3 Å². The maximum atomic E-state index is 2.62. The molecule has 5 aliphatic rings. The van der Waals surface area contributed by atoms with Gasteiger partial charge in [0.1, 0.15) is 0 Å². The molecule has 0 nitrogen and oxygen atoms in total. The summed E-state index contributed by atoms with van der Waals surface area (Å²) >= 11 is 1.38. The minimum Gasteiger partial charge on any atom is -0.214 e. The molecule has 5 aliphatic carbocycles. The van der Waals surface area contributed by atoms with E-state index in [4.69, 9.17) is 0 Å². The smallest absolute Gasteiger partial charge is 0.172 e. The Hall–Kier alpha value is -1.02. The fourth-order valence-electron chi connectivity index (χ4n) is 7.95. The van der Waals surface area contributed by atoms with Crippen molar-refractivity contribution in [3.63, 3.8) is 0 Å². The Labute approximate surface area is 271 Å². The van der Waals surface area contributed by atoms with E-state index in [9.17, 15) is 0 Å². The van der Waals surface area contributed by atoms with Crippen molar-refractivity contribution >= 4 is 8.83 Å². The van der Waals surface area contributed by atoms with Gasteiger partial charge in [-0.3, -0.25) is 0 Å². The van der Waals surface area contributed by atoms with Gasteiger partial charge in [0.05, 0.1) is 0 Å². The summed E-state index contributed by atoms with van der Waals surface area (Å²) in [4.78, 5) is 0. The molecule has 0 bridgehead atoms. The average molecular weight is 740 g/mol. The molecule has 40 heavy (non-hydrogen) atoms. The summed E-state index contributed by atoms with van der Waals surface area (Å²) < 4.78 is 1.81. The van der Waals surface area contributed by atoms with Crippen LogP contribution in [0, 0.1) is 33.5 Å². The molecule has 0 amide bonds. The zero-order valence-electron chi connectivity index (χ0n) is 25.7. The van der Waals surface area contributed by atoms with E-state index in [0.29, 0.717) is 5.92 Å². The molecule has 214 valence electrons. The number of halogens is 2. The quantitative estimate of drug-likeness (QED) is 0.285. The van der Waals surface area contributed by atoms with Crippen LogP contribution in [-0.4, -0.2) is 3.26 Å². The van der Waals surface area contributed by atoms with Gasteiger partial charge in [-0.1, -0.05) is 113 Å². The summed E-state index contributed by atoms with van der Waals surface area (Å²) in [6.45, 7) is 20.3. The molecule has 0 N–H and O–H groups in total. The molecule has 2 fully saturated rings. The molecule has 3 heteroatoms. The zero-order valence-corrected chi connectivity index (χ0v) is 30.8. The Kier molecular flexibility index (Phi) is 9.99. The van der Waals surface area contributed by atoms with Crippen molar-refractivity contribution in [3.05, 3.63) is 101 Å². The second kappa shape index (κ2) is 11.9. The first-order valence-electron chi connectivity index (χ1n) is 14.7. The third-order valence-corrected chi connectivity index (χ3v) is 13.6. The summed E-state index contributed by atoms with van der Waals surface area (Å²) in [5.74, 6) is 2.24. The van der Waals surface area contributed by atoms with Crippen LogP contribution < -0.4 is 24.8 Å². The maximum Gasteiger partial charge on any atom is -0.172 e. The average Bonchev–Trinajstić information content (AvgIpc) is 3.32. The SMILES string of the molecule is C[C-]1C2=C3Cc4ccccc4C3=C3C=CCCC3C2(C)C(C)(C)C(C)(C)C1(C)C.[Cl-].[Cl-].[Hf+2]=[C]1CC1.c1cc[cH-]c1. The summed E-state index contributed by atoms with van der Waals surface area (Å²) in [5, 5.41) is 0. The number of fused-ring (bicyclic) bond motifs is 6. The molecule has 0 saturated heterocycles. The number of rotatable bonds is 0. The molecular formula is C37H46Cl2Hf-2. The van der Waals surface area contributed by atoms with E-state index >= 15 is 0 Å². The second-order valence-electron chi connectivity index (χ2n) is 13.8. The van der Waals surface area contributed by atoms with Crippen LogP contribution in [0.15, 0.2) is 83.5 Å². The van der Waals surface area contributed by atoms with Crippen LogP contribution in [0.4, 0.5) is 0 Å². The Balaban J connectivity index is 0.000000342. The van der Waals surface area contributed by atoms with E-state index in [2.05, 4.69) is 91.8 Å². The van der Waals surface area contributed by atoms with Crippen LogP contribution in [0.2, 0.25) is 0 Å². The van der Waals surface area contributed by atoms with Gasteiger partial charge in [-0.15, -0.1) is 6.92 Å². The van der Waals surface area contributed by atoms with Crippen molar-refractivity contribution in [2.24, 2.45) is 27.6 Å². The van der Waals surface area contributed by atoms with E-state index in [-0.39, 0.29) is 46.5 Å². The minimum absolute atomic E-state index is 0. The molecular weight excluding hydrogens is 694 g/mol. The normalized spacial score (nSPS) is 27.3. The third-order valence-electron chi connectivity index (χ3n) is 11.8. The molecule has 2 aromatic rings. The predicted molar refractivity (Wildman–Crippen MR) is 161 cm³/mol. The maximum absolute atomic E-state index is 2.62. The summed E-state index contributed by atoms with van der Waals surface area (Å²) in [6, 6.07) is 19.2. The van der Waals surface area contributed by atoms with Crippen LogP contribution in [0.5, 0.6) is 0 Å². The van der Waals surface area contributed by atoms with Crippen LogP contribution >= 0.6 is 0 Å². The molecule has 7 rings (SSSR count). The van der Waals surface area contributed by atoms with Crippen LogP contribution in [0.3, 0.4) is 0 Å². The third kappa shape index (κ3) is 4.99. The van der Waals surface area contributed by atoms with Gasteiger partial charge < -0.3 is 24.8 Å². The molecule has 0 heterocycles. The Morgan fingerprint density at radius 3 is 2.02 bits per heavy atom. The van der Waals surface area contributed by atoms with E-state index in [1.165, 1.54) is 60.7 Å². The molecule has 0 aromatic heterocycles. The van der Waals surface area contributed by atoms with Gasteiger partial charge in [-0.25, -0.2) is 18.1 Å². The first kappa shape index (κ1) is 33.5. The molecule has 2 saturated carbocycles. The van der Waals surface area contributed by atoms with Crippen LogP contribution in [-0.2, 0) is 30.3 Å². The molecule has 2 aromatic carbocycles. The first-order valence-corrected chi connectivity index (χ1v) is 16.5. The van der Waals surface area contributed by atoms with Crippen LogP contribution in [0.25, 0.3) is 5.57 Å². The largest absolute Gasteiger partial charge is 0.214 e. The predicted octanol–water partition coefficient (Wildman–Crippen LogP) is 3.88. The Morgan fingerprint density at radius 1 is 0.875 bits per heavy atom. The molecule has 2 atom stereocenters. The number of allylic oxidation sites excluding steroid dienone is 6. The Morgan fingerprint density at radius 2 is 1.48 bits per heavy atom. The van der Waals surface area contributed by atoms with Crippen LogP contribution in [0.1, 0.15) is 92.2 Å². The van der Waals surface area contributed by atoms with Crippen molar-refractivity contribution in [2.75, 3.05) is 0 Å². The van der Waals surface area contributed by atoms with Gasteiger partial charge in [0.2, 0.25) is 0 Å². The topological polar surface area (TPSA) is 0 Å². The molecule has 2 unspecified atom stereocenters. The van der Waals surface area contributed by atoms with Gasteiger partial charge in [0.25, 0.3) is 0 Å². The van der Waals surface area contributed by atoms with Crippen molar-refractivity contribution in [1.29, 1.82) is 0 Å². The van der Waals surface area contributed by atoms with Crippen molar-refractivity contribution in [3.8, 4) is 0 Å². The minimum atomic E-state index is 0. The monoisotopic (exact) mass is 740 g/mol. The van der Waals surface area contributed by atoms with E-state index < -0.39 is 0 Å². The summed E-state index contributed by atoms with van der Waals surface area (Å²) in [5.41, 5.74) is 10.3. The first-order chi connectivity index (χ1) is 17.9. The van der Waals surface area contributed by atoms with Crippen molar-refractivity contribution in [2.45, 2.75) is 87.5 Å². The molecule has 0 radical (unpaired) electrons. The fourth-order valence-corrected chi connectivity index (χ4v) is 8.40. The summed E-state index contributed by atoms with van der Waals surface area (Å²) in [6.07, 6.45) is 11.4. The van der Waals surface area contributed by atoms with E-state index in [1.807, 2.05) is 30.3 Å². The second-order valence-corrected chi connectivity index (χ2v) is 16.4. The molecule has 0 aliphatic heterocycles. The molecule has 0 spiro atoms.